The molecule has 4 rings (SSSR count). The van der Waals surface area contributed by atoms with Crippen molar-refractivity contribution in [3.8, 4) is 17.1 Å². The van der Waals surface area contributed by atoms with Gasteiger partial charge in [-0.05, 0) is 18.2 Å². The maximum absolute atomic E-state index is 13.7. The molecule has 0 amide bonds. The largest absolute Gasteiger partial charge is 0.497 e. The highest BCUT2D eigenvalue weighted by atomic mass is 19.1. The summed E-state index contributed by atoms with van der Waals surface area (Å²) in [6.07, 6.45) is 2.77. The molecule has 1 fully saturated rings. The summed E-state index contributed by atoms with van der Waals surface area (Å²) >= 11 is 0. The van der Waals surface area contributed by atoms with Crippen LogP contribution in [0.15, 0.2) is 42.7 Å². The minimum Gasteiger partial charge on any atom is -0.497 e. The van der Waals surface area contributed by atoms with Crippen LogP contribution in [0, 0.1) is 0 Å². The summed E-state index contributed by atoms with van der Waals surface area (Å²) in [7, 11) is 1.63. The average Bonchev–Trinajstić information content (AvgIpc) is 3.21. The first-order chi connectivity index (χ1) is 11.7. The molecule has 0 unspecified atom stereocenters. The van der Waals surface area contributed by atoms with Gasteiger partial charge in [-0.2, -0.15) is 0 Å². The lowest BCUT2D eigenvalue weighted by molar-refractivity contribution is 0.342. The second-order valence-corrected chi connectivity index (χ2v) is 5.77. The summed E-state index contributed by atoms with van der Waals surface area (Å²) in [5, 5.41) is 6.19. The van der Waals surface area contributed by atoms with E-state index in [2.05, 4.69) is 20.6 Å². The van der Waals surface area contributed by atoms with E-state index < -0.39 is 6.17 Å². The highest BCUT2D eigenvalue weighted by molar-refractivity contribution is 5.62. The molecule has 1 aliphatic heterocycles. The second-order valence-electron chi connectivity index (χ2n) is 5.77. The van der Waals surface area contributed by atoms with Crippen LogP contribution in [0.4, 0.5) is 10.2 Å². The Balaban J connectivity index is 1.66. The fraction of sp³-hybridized carbons (Fsp3) is 0.294. The highest BCUT2D eigenvalue weighted by Crippen LogP contribution is 2.23. The van der Waals surface area contributed by atoms with Crippen LogP contribution >= 0.6 is 0 Å². The van der Waals surface area contributed by atoms with Gasteiger partial charge in [0.25, 0.3) is 0 Å². The number of aromatic nitrogens is 3. The molecule has 0 radical (unpaired) electrons. The van der Waals surface area contributed by atoms with E-state index in [1.54, 1.807) is 13.3 Å². The Kier molecular flexibility index (Phi) is 3.78. The Morgan fingerprint density at radius 1 is 1.33 bits per heavy atom. The van der Waals surface area contributed by atoms with Gasteiger partial charge in [-0.15, -0.1) is 0 Å². The lowest BCUT2D eigenvalue weighted by Crippen LogP contribution is -2.29. The van der Waals surface area contributed by atoms with Crippen molar-refractivity contribution in [1.29, 1.82) is 0 Å². The first-order valence-corrected chi connectivity index (χ1v) is 7.84. The van der Waals surface area contributed by atoms with Crippen LogP contribution in [-0.4, -0.2) is 46.8 Å². The zero-order valence-electron chi connectivity index (χ0n) is 13.2. The van der Waals surface area contributed by atoms with Crippen molar-refractivity contribution >= 4 is 11.5 Å². The van der Waals surface area contributed by atoms with Crippen molar-refractivity contribution < 1.29 is 9.13 Å². The highest BCUT2D eigenvalue weighted by Gasteiger charge is 2.26. The Morgan fingerprint density at radius 2 is 2.25 bits per heavy atom. The number of hydrogen-bond acceptors (Lipinski definition) is 5. The van der Waals surface area contributed by atoms with Crippen molar-refractivity contribution in [2.75, 3.05) is 25.5 Å². The van der Waals surface area contributed by atoms with Crippen molar-refractivity contribution in [3.05, 3.63) is 42.7 Å². The Labute approximate surface area is 138 Å². The molecule has 0 spiro atoms. The summed E-state index contributed by atoms with van der Waals surface area (Å²) in [4.78, 5) is 9.01. The van der Waals surface area contributed by atoms with Crippen LogP contribution in [-0.2, 0) is 0 Å². The normalized spacial score (nSPS) is 20.4. The second kappa shape index (κ2) is 6.09. The molecule has 1 saturated heterocycles. The number of rotatable bonds is 4. The summed E-state index contributed by atoms with van der Waals surface area (Å²) in [6, 6.07) is 9.16. The lowest BCUT2D eigenvalue weighted by Gasteiger charge is -2.15. The number of ether oxygens (including phenoxy) is 1. The number of anilines is 1. The van der Waals surface area contributed by atoms with E-state index >= 15 is 0 Å². The van der Waals surface area contributed by atoms with Crippen LogP contribution in [0.5, 0.6) is 5.75 Å². The van der Waals surface area contributed by atoms with E-state index in [1.807, 2.05) is 40.9 Å². The number of pyridine rings is 2. The van der Waals surface area contributed by atoms with Gasteiger partial charge in [-0.3, -0.25) is 4.40 Å². The predicted octanol–water partition coefficient (Wildman–Crippen LogP) is 2.13. The van der Waals surface area contributed by atoms with Gasteiger partial charge in [0.2, 0.25) is 0 Å². The van der Waals surface area contributed by atoms with E-state index in [0.717, 1.165) is 22.8 Å². The third-order valence-electron chi connectivity index (χ3n) is 4.21. The summed E-state index contributed by atoms with van der Waals surface area (Å²) < 4.78 is 20.9. The lowest BCUT2D eigenvalue weighted by atomic mass is 10.2. The Bertz CT molecular complexity index is 865. The van der Waals surface area contributed by atoms with Crippen LogP contribution in [0.25, 0.3) is 17.0 Å². The fourth-order valence-corrected chi connectivity index (χ4v) is 2.91. The third kappa shape index (κ3) is 2.67. The number of hydrogen-bond donors (Lipinski definition) is 2. The molecule has 24 heavy (non-hydrogen) atoms. The molecule has 7 heteroatoms. The SMILES string of the molecule is COc1ccn2c(-c3cccc(N[C@@H]4CNC[C@H]4F)n3)cnc2c1. The average molecular weight is 327 g/mol. The van der Waals surface area contributed by atoms with Gasteiger partial charge in [0.05, 0.1) is 30.7 Å². The zero-order chi connectivity index (χ0) is 16.5. The number of nitrogens with zero attached hydrogens (tertiary/aromatic N) is 3. The van der Waals surface area contributed by atoms with Gasteiger partial charge >= 0.3 is 0 Å². The van der Waals surface area contributed by atoms with Crippen LogP contribution in [0.3, 0.4) is 0 Å². The molecule has 6 nitrogen and oxygen atoms in total. The number of halogens is 1. The zero-order valence-corrected chi connectivity index (χ0v) is 13.2. The molecular weight excluding hydrogens is 309 g/mol. The van der Waals surface area contributed by atoms with E-state index in [-0.39, 0.29) is 6.04 Å². The van der Waals surface area contributed by atoms with Gasteiger partial charge < -0.3 is 15.4 Å². The van der Waals surface area contributed by atoms with E-state index in [1.165, 1.54) is 0 Å². The molecule has 1 aliphatic rings. The van der Waals surface area contributed by atoms with Gasteiger partial charge in [0.1, 0.15) is 23.4 Å². The summed E-state index contributed by atoms with van der Waals surface area (Å²) in [6.45, 7) is 0.981. The van der Waals surface area contributed by atoms with E-state index in [9.17, 15) is 4.39 Å². The monoisotopic (exact) mass is 327 g/mol. The Morgan fingerprint density at radius 3 is 3.04 bits per heavy atom. The number of alkyl halides is 1. The number of fused-ring (bicyclic) bond motifs is 1. The number of imidazole rings is 1. The van der Waals surface area contributed by atoms with E-state index in [4.69, 9.17) is 4.74 Å². The molecule has 4 heterocycles. The third-order valence-corrected chi connectivity index (χ3v) is 4.21. The first kappa shape index (κ1) is 14.9. The molecule has 0 aliphatic carbocycles. The van der Waals surface area contributed by atoms with Crippen molar-refractivity contribution in [2.24, 2.45) is 0 Å². The maximum atomic E-state index is 13.7. The molecule has 124 valence electrons. The first-order valence-electron chi connectivity index (χ1n) is 7.84. The van der Waals surface area contributed by atoms with Crippen molar-refractivity contribution in [1.82, 2.24) is 19.7 Å². The van der Waals surface area contributed by atoms with Crippen molar-refractivity contribution in [2.45, 2.75) is 12.2 Å². The summed E-state index contributed by atoms with van der Waals surface area (Å²) in [5.74, 6) is 1.41. The molecule has 3 aromatic heterocycles. The van der Waals surface area contributed by atoms with Crippen molar-refractivity contribution in [3.63, 3.8) is 0 Å². The molecule has 3 aromatic rings. The van der Waals surface area contributed by atoms with Crippen LogP contribution in [0.2, 0.25) is 0 Å². The quantitative estimate of drug-likeness (QED) is 0.769. The van der Waals surface area contributed by atoms with E-state index in [0.29, 0.717) is 18.9 Å². The summed E-state index contributed by atoms with van der Waals surface area (Å²) in [5.41, 5.74) is 2.44. The molecule has 0 bridgehead atoms. The Hall–Kier alpha value is -2.67. The minimum atomic E-state index is -0.904. The number of nitrogens with one attached hydrogen (secondary N) is 2. The molecule has 0 saturated carbocycles. The topological polar surface area (TPSA) is 63.5 Å². The number of methoxy groups -OCH3 is 1. The minimum absolute atomic E-state index is 0.251. The fourth-order valence-electron chi connectivity index (χ4n) is 2.91. The van der Waals surface area contributed by atoms with Crippen LogP contribution in [0.1, 0.15) is 0 Å². The predicted molar refractivity (Wildman–Crippen MR) is 90.2 cm³/mol. The smallest absolute Gasteiger partial charge is 0.140 e. The molecule has 0 aromatic carbocycles. The van der Waals surface area contributed by atoms with Gasteiger partial charge in [-0.1, -0.05) is 6.07 Å². The standard InChI is InChI=1S/C17H18FN5O/c1-24-11-5-6-23-15(10-20-17(23)7-11)13-3-2-4-16(21-13)22-14-9-19-8-12(14)18/h2-7,10,12,14,19H,8-9H2,1H3,(H,21,22)/t12-,14-/m1/s1. The molecule has 2 atom stereocenters. The maximum Gasteiger partial charge on any atom is 0.140 e. The molecular formula is C17H18FN5O. The van der Waals surface area contributed by atoms with Gasteiger partial charge in [0.15, 0.2) is 0 Å². The van der Waals surface area contributed by atoms with Gasteiger partial charge in [-0.25, -0.2) is 14.4 Å². The van der Waals surface area contributed by atoms with Crippen LogP contribution < -0.4 is 15.4 Å². The van der Waals surface area contributed by atoms with Gasteiger partial charge in [0, 0.05) is 25.4 Å². The molecule has 2 N–H and O–H groups in total.